The third-order valence-electron chi connectivity index (χ3n) is 3.66. The van der Waals surface area contributed by atoms with Crippen molar-refractivity contribution in [3.8, 4) is 0 Å². The maximum absolute atomic E-state index is 12.7. The van der Waals surface area contributed by atoms with Gasteiger partial charge in [-0.25, -0.2) is 4.79 Å². The van der Waals surface area contributed by atoms with Gasteiger partial charge in [0.1, 0.15) is 0 Å². The van der Waals surface area contributed by atoms with Gasteiger partial charge in [0.05, 0.1) is 7.11 Å². The van der Waals surface area contributed by atoms with Gasteiger partial charge >= 0.3 is 5.97 Å². The van der Waals surface area contributed by atoms with Crippen LogP contribution in [0.1, 0.15) is 11.6 Å². The topological polar surface area (TPSA) is 48.3 Å². The molecule has 22 heavy (non-hydrogen) atoms. The fourth-order valence-electron chi connectivity index (χ4n) is 2.57. The van der Waals surface area contributed by atoms with E-state index in [2.05, 4.69) is 0 Å². The van der Waals surface area contributed by atoms with E-state index in [1.54, 1.807) is 12.3 Å². The highest BCUT2D eigenvalue weighted by molar-refractivity contribution is 5.83. The molecule has 4 nitrogen and oxygen atoms in total. The molecule has 1 aromatic heterocycles. The molecule has 1 heterocycles. The molecule has 0 saturated heterocycles. The van der Waals surface area contributed by atoms with E-state index >= 15 is 0 Å². The van der Waals surface area contributed by atoms with E-state index in [-0.39, 0.29) is 5.56 Å². The molecule has 4 heteroatoms. The van der Waals surface area contributed by atoms with Crippen LogP contribution in [-0.2, 0) is 9.53 Å². The lowest BCUT2D eigenvalue weighted by Gasteiger charge is -2.18. The largest absolute Gasteiger partial charge is 0.467 e. The minimum atomic E-state index is -0.789. The van der Waals surface area contributed by atoms with Crippen molar-refractivity contribution in [3.63, 3.8) is 0 Å². The van der Waals surface area contributed by atoms with Crippen molar-refractivity contribution in [2.75, 3.05) is 7.11 Å². The highest BCUT2D eigenvalue weighted by Gasteiger charge is 2.24. The summed E-state index contributed by atoms with van der Waals surface area (Å²) in [6, 6.07) is 17.5. The van der Waals surface area contributed by atoms with E-state index in [0.717, 1.165) is 5.39 Å². The summed E-state index contributed by atoms with van der Waals surface area (Å²) < 4.78 is 6.31. The number of fused-ring (bicyclic) bond motifs is 1. The number of carbonyl (C=O) groups excluding carboxylic acids is 1. The van der Waals surface area contributed by atoms with Gasteiger partial charge in [-0.3, -0.25) is 9.36 Å². The van der Waals surface area contributed by atoms with Crippen LogP contribution in [0.5, 0.6) is 0 Å². The van der Waals surface area contributed by atoms with Crippen LogP contribution in [0.25, 0.3) is 10.8 Å². The fourth-order valence-corrected chi connectivity index (χ4v) is 2.57. The Morgan fingerprint density at radius 1 is 1.00 bits per heavy atom. The molecule has 1 atom stereocenters. The van der Waals surface area contributed by atoms with Crippen LogP contribution in [0.3, 0.4) is 0 Å². The number of hydrogen-bond acceptors (Lipinski definition) is 3. The molecule has 0 aliphatic heterocycles. The second-order valence-corrected chi connectivity index (χ2v) is 4.95. The summed E-state index contributed by atoms with van der Waals surface area (Å²) in [7, 11) is 1.32. The highest BCUT2D eigenvalue weighted by Crippen LogP contribution is 2.19. The second-order valence-electron chi connectivity index (χ2n) is 4.95. The first-order valence-corrected chi connectivity index (χ1v) is 6.95. The van der Waals surface area contributed by atoms with E-state index in [9.17, 15) is 9.59 Å². The monoisotopic (exact) mass is 293 g/mol. The number of rotatable bonds is 3. The van der Waals surface area contributed by atoms with Crippen LogP contribution in [0.4, 0.5) is 0 Å². The van der Waals surface area contributed by atoms with E-state index in [1.165, 1.54) is 11.7 Å². The lowest BCUT2D eigenvalue weighted by molar-refractivity contribution is -0.143. The molecule has 0 fully saturated rings. The van der Waals surface area contributed by atoms with Gasteiger partial charge in [-0.05, 0) is 23.1 Å². The third kappa shape index (κ3) is 2.39. The number of aromatic nitrogens is 1. The average Bonchev–Trinajstić information content (AvgIpc) is 2.58. The standard InChI is InChI=1S/C18H15NO3/c1-22-18(21)16(14-8-3-2-4-9-14)19-12-11-13-7-5-6-10-15(13)17(19)20/h2-12,16H,1H3. The van der Waals surface area contributed by atoms with Crippen molar-refractivity contribution in [2.45, 2.75) is 6.04 Å². The molecule has 0 saturated carbocycles. The van der Waals surface area contributed by atoms with E-state index in [4.69, 9.17) is 4.74 Å². The molecule has 0 spiro atoms. The lowest BCUT2D eigenvalue weighted by atomic mass is 10.1. The predicted octanol–water partition coefficient (Wildman–Crippen LogP) is 2.76. The molecule has 3 aromatic rings. The zero-order valence-electron chi connectivity index (χ0n) is 12.1. The van der Waals surface area contributed by atoms with E-state index in [1.807, 2.05) is 54.6 Å². The summed E-state index contributed by atoms with van der Waals surface area (Å²) >= 11 is 0. The summed E-state index contributed by atoms with van der Waals surface area (Å²) in [5.41, 5.74) is 0.504. The fraction of sp³-hybridized carbons (Fsp3) is 0.111. The molecule has 110 valence electrons. The third-order valence-corrected chi connectivity index (χ3v) is 3.66. The van der Waals surface area contributed by atoms with Gasteiger partial charge in [0.15, 0.2) is 6.04 Å². The summed E-state index contributed by atoms with van der Waals surface area (Å²) in [6.45, 7) is 0. The molecule has 0 bridgehead atoms. The molecular formula is C18H15NO3. The maximum Gasteiger partial charge on any atom is 0.333 e. The average molecular weight is 293 g/mol. The van der Waals surface area contributed by atoms with Gasteiger partial charge in [-0.15, -0.1) is 0 Å². The Morgan fingerprint density at radius 3 is 2.41 bits per heavy atom. The first-order valence-electron chi connectivity index (χ1n) is 6.95. The van der Waals surface area contributed by atoms with Crippen molar-refractivity contribution >= 4 is 16.7 Å². The van der Waals surface area contributed by atoms with Crippen LogP contribution >= 0.6 is 0 Å². The highest BCUT2D eigenvalue weighted by atomic mass is 16.5. The Labute approximate surface area is 127 Å². The Bertz CT molecular complexity index is 868. The number of nitrogens with zero attached hydrogens (tertiary/aromatic N) is 1. The Morgan fingerprint density at radius 2 is 1.68 bits per heavy atom. The molecule has 1 unspecified atom stereocenters. The number of esters is 1. The molecule has 3 rings (SSSR count). The molecule has 0 radical (unpaired) electrons. The number of carbonyl (C=O) groups is 1. The minimum Gasteiger partial charge on any atom is -0.467 e. The van der Waals surface area contributed by atoms with Crippen molar-refractivity contribution in [1.82, 2.24) is 4.57 Å². The van der Waals surface area contributed by atoms with E-state index < -0.39 is 12.0 Å². The summed E-state index contributed by atoms with van der Waals surface area (Å²) in [6.07, 6.45) is 1.64. The number of pyridine rings is 1. The van der Waals surface area contributed by atoms with Crippen molar-refractivity contribution in [1.29, 1.82) is 0 Å². The van der Waals surface area contributed by atoms with Gasteiger partial charge in [-0.1, -0.05) is 48.5 Å². The van der Waals surface area contributed by atoms with Gasteiger partial charge < -0.3 is 4.74 Å². The van der Waals surface area contributed by atoms with Crippen molar-refractivity contribution in [2.24, 2.45) is 0 Å². The van der Waals surface area contributed by atoms with Crippen molar-refractivity contribution < 1.29 is 9.53 Å². The zero-order chi connectivity index (χ0) is 15.5. The number of ether oxygens (including phenoxy) is 1. The predicted molar refractivity (Wildman–Crippen MR) is 84.8 cm³/mol. The van der Waals surface area contributed by atoms with Crippen LogP contribution in [0, 0.1) is 0 Å². The first-order chi connectivity index (χ1) is 10.7. The number of hydrogen-bond donors (Lipinski definition) is 0. The van der Waals surface area contributed by atoms with Crippen molar-refractivity contribution in [3.05, 3.63) is 82.8 Å². The minimum absolute atomic E-state index is 0.211. The second kappa shape index (κ2) is 5.85. The lowest BCUT2D eigenvalue weighted by Crippen LogP contribution is -2.31. The number of methoxy groups -OCH3 is 1. The molecule has 0 aliphatic rings. The zero-order valence-corrected chi connectivity index (χ0v) is 12.1. The Balaban J connectivity index is 2.23. The summed E-state index contributed by atoms with van der Waals surface area (Å²) in [5.74, 6) is -0.469. The normalized spacial score (nSPS) is 12.0. The Kier molecular flexibility index (Phi) is 3.74. The maximum atomic E-state index is 12.7. The quantitative estimate of drug-likeness (QED) is 0.698. The summed E-state index contributed by atoms with van der Waals surface area (Å²) in [4.78, 5) is 24.9. The van der Waals surface area contributed by atoms with Gasteiger partial charge in [-0.2, -0.15) is 0 Å². The summed E-state index contributed by atoms with van der Waals surface area (Å²) in [5, 5.41) is 1.43. The molecule has 2 aromatic carbocycles. The van der Waals surface area contributed by atoms with Crippen LogP contribution < -0.4 is 5.56 Å². The molecule has 0 amide bonds. The van der Waals surface area contributed by atoms with Crippen LogP contribution in [0.15, 0.2) is 71.7 Å². The van der Waals surface area contributed by atoms with E-state index in [0.29, 0.717) is 10.9 Å². The first kappa shape index (κ1) is 14.1. The van der Waals surface area contributed by atoms with Gasteiger partial charge in [0.25, 0.3) is 5.56 Å². The SMILES string of the molecule is COC(=O)C(c1ccccc1)n1ccc2ccccc2c1=O. The number of benzene rings is 2. The molecular weight excluding hydrogens is 278 g/mol. The van der Waals surface area contributed by atoms with Crippen LogP contribution in [0.2, 0.25) is 0 Å². The van der Waals surface area contributed by atoms with Crippen LogP contribution in [-0.4, -0.2) is 17.6 Å². The Hall–Kier alpha value is -2.88. The molecule has 0 N–H and O–H groups in total. The smallest absolute Gasteiger partial charge is 0.333 e. The van der Waals surface area contributed by atoms with Gasteiger partial charge in [0.2, 0.25) is 0 Å². The molecule has 0 aliphatic carbocycles. The van der Waals surface area contributed by atoms with Gasteiger partial charge in [0, 0.05) is 11.6 Å².